The van der Waals surface area contributed by atoms with Crippen LogP contribution < -0.4 is 16.0 Å². The molecule has 258 valence electrons. The molecule has 2 aliphatic heterocycles. The average molecular weight is 656 g/mol. The van der Waals surface area contributed by atoms with E-state index < -0.39 is 60.2 Å². The fourth-order valence-corrected chi connectivity index (χ4v) is 4.63. The minimum Gasteiger partial charge on any atom is -0.480 e. The maximum Gasteiger partial charge on any atom is 0.408 e. The van der Waals surface area contributed by atoms with E-state index in [0.29, 0.717) is 39.6 Å². The number of alkyl carbamates (subject to hydrolysis) is 1. The van der Waals surface area contributed by atoms with Crippen molar-refractivity contribution >= 4 is 23.9 Å². The Hall–Kier alpha value is -3.38. The van der Waals surface area contributed by atoms with Gasteiger partial charge in [0.25, 0.3) is 5.91 Å². The summed E-state index contributed by atoms with van der Waals surface area (Å²) < 4.78 is 43.8. The van der Waals surface area contributed by atoms with Crippen LogP contribution in [0.4, 0.5) is 4.79 Å². The van der Waals surface area contributed by atoms with Crippen LogP contribution in [0.1, 0.15) is 32.3 Å². The number of carboxylic acid groups (broad SMARTS) is 1. The first kappa shape index (κ1) is 37.1. The summed E-state index contributed by atoms with van der Waals surface area (Å²) in [6.45, 7) is 6.40. The van der Waals surface area contributed by atoms with Gasteiger partial charge < -0.3 is 59.0 Å². The second kappa shape index (κ2) is 19.3. The van der Waals surface area contributed by atoms with Crippen LogP contribution in [0.3, 0.4) is 0 Å². The van der Waals surface area contributed by atoms with Crippen LogP contribution >= 0.6 is 0 Å². The molecule has 46 heavy (non-hydrogen) atoms. The first-order chi connectivity index (χ1) is 22.1. The molecule has 16 heteroatoms. The van der Waals surface area contributed by atoms with Crippen LogP contribution in [-0.2, 0) is 58.9 Å². The van der Waals surface area contributed by atoms with Crippen LogP contribution in [-0.4, -0.2) is 125 Å². The summed E-state index contributed by atoms with van der Waals surface area (Å²) in [5.74, 6) is -3.39. The summed E-state index contributed by atoms with van der Waals surface area (Å²) in [5.41, 5.74) is 0.734. The van der Waals surface area contributed by atoms with Crippen LogP contribution in [0, 0.1) is 0 Å². The molecule has 0 bridgehead atoms. The van der Waals surface area contributed by atoms with Gasteiger partial charge in [-0.1, -0.05) is 30.3 Å². The molecule has 0 radical (unpaired) electrons. The Balaban J connectivity index is 1.38. The number of hydrogen-bond donors (Lipinski definition) is 4. The van der Waals surface area contributed by atoms with Crippen LogP contribution in [0.15, 0.2) is 30.3 Å². The molecule has 3 amide bonds. The van der Waals surface area contributed by atoms with Gasteiger partial charge in [0.05, 0.1) is 46.2 Å². The maximum absolute atomic E-state index is 12.9. The number of hydrogen-bond acceptors (Lipinski definition) is 12. The van der Waals surface area contributed by atoms with Crippen molar-refractivity contribution in [2.24, 2.45) is 0 Å². The molecular weight excluding hydrogens is 610 g/mol. The third-order valence-electron chi connectivity index (χ3n) is 6.80. The van der Waals surface area contributed by atoms with Crippen molar-refractivity contribution in [3.05, 3.63) is 35.9 Å². The Labute approximate surface area is 267 Å². The number of amides is 3. The van der Waals surface area contributed by atoms with Crippen molar-refractivity contribution in [1.29, 1.82) is 0 Å². The van der Waals surface area contributed by atoms with Crippen LogP contribution in [0.25, 0.3) is 0 Å². The Morgan fingerprint density at radius 2 is 1.54 bits per heavy atom. The van der Waals surface area contributed by atoms with Gasteiger partial charge in [-0.2, -0.15) is 0 Å². The van der Waals surface area contributed by atoms with Crippen molar-refractivity contribution < 1.29 is 62.2 Å². The van der Waals surface area contributed by atoms with Crippen molar-refractivity contribution in [3.8, 4) is 0 Å². The molecule has 1 aromatic carbocycles. The van der Waals surface area contributed by atoms with Gasteiger partial charge in [0.2, 0.25) is 5.91 Å². The van der Waals surface area contributed by atoms with Gasteiger partial charge in [-0.25, -0.2) is 9.59 Å². The smallest absolute Gasteiger partial charge is 0.408 e. The molecule has 0 spiro atoms. The molecule has 2 fully saturated rings. The Kier molecular flexibility index (Phi) is 15.6. The van der Waals surface area contributed by atoms with Gasteiger partial charge in [-0.05, 0) is 25.8 Å². The molecule has 3 rings (SSSR count). The highest BCUT2D eigenvalue weighted by atomic mass is 16.8. The number of benzene rings is 1. The van der Waals surface area contributed by atoms with E-state index in [2.05, 4.69) is 16.0 Å². The molecule has 16 nitrogen and oxygen atoms in total. The molecule has 1 unspecified atom stereocenters. The van der Waals surface area contributed by atoms with E-state index in [4.69, 9.17) is 37.9 Å². The highest BCUT2D eigenvalue weighted by molar-refractivity contribution is 5.83. The number of aliphatic carboxylic acids is 1. The quantitative estimate of drug-likeness (QED) is 0.132. The minimum atomic E-state index is -1.37. The molecule has 0 aliphatic carbocycles. The number of rotatable bonds is 21. The Morgan fingerprint density at radius 3 is 2.20 bits per heavy atom. The predicted octanol–water partition coefficient (Wildman–Crippen LogP) is 0.320. The van der Waals surface area contributed by atoms with E-state index in [1.807, 2.05) is 6.07 Å². The van der Waals surface area contributed by atoms with E-state index in [0.717, 1.165) is 5.56 Å². The second-order valence-corrected chi connectivity index (χ2v) is 10.9. The van der Waals surface area contributed by atoms with Crippen molar-refractivity contribution in [1.82, 2.24) is 16.0 Å². The molecule has 5 atom stereocenters. The summed E-state index contributed by atoms with van der Waals surface area (Å²) in [6, 6.07) is 7.52. The molecule has 2 saturated heterocycles. The third kappa shape index (κ3) is 12.8. The van der Waals surface area contributed by atoms with Gasteiger partial charge in [0.1, 0.15) is 24.9 Å². The zero-order valence-electron chi connectivity index (χ0n) is 26.4. The number of methoxy groups -OCH3 is 1. The zero-order valence-corrected chi connectivity index (χ0v) is 26.4. The molecule has 0 saturated carbocycles. The first-order valence-electron chi connectivity index (χ1n) is 15.1. The second-order valence-electron chi connectivity index (χ2n) is 10.9. The SMILES string of the molecule is COCCOCCOCCOCCNC(=O)[C@H]1OC(NC(=O)CC[C@H](NC(=O)OCc2ccccc2)C(=O)O)[C@@H]2OC(C)(C)O[C@H]12. The van der Waals surface area contributed by atoms with E-state index in [-0.39, 0.29) is 32.6 Å². The number of fused-ring (bicyclic) bond motifs is 1. The summed E-state index contributed by atoms with van der Waals surface area (Å²) in [5, 5.41) is 17.2. The Morgan fingerprint density at radius 1 is 0.913 bits per heavy atom. The van der Waals surface area contributed by atoms with Crippen molar-refractivity contribution in [2.75, 3.05) is 59.9 Å². The van der Waals surface area contributed by atoms with E-state index in [1.54, 1.807) is 45.2 Å². The minimum absolute atomic E-state index is 0.0390. The fraction of sp³-hybridized carbons (Fsp3) is 0.667. The van der Waals surface area contributed by atoms with Gasteiger partial charge in [-0.3, -0.25) is 9.59 Å². The zero-order chi connectivity index (χ0) is 33.4. The number of carbonyl (C=O) groups excluding carboxylic acids is 3. The molecule has 2 heterocycles. The standard InChI is InChI=1S/C30H45N3O13/c1-30(2)45-23-24(26(35)31-11-12-40-15-16-42-18-17-41-14-13-39-3)44-27(25(23)46-30)33-22(34)10-9-21(28(36)37)32-29(38)43-19-20-7-5-4-6-8-20/h4-8,21,23-25,27H,9-19H2,1-3H3,(H,31,35)(H,32,38)(H,33,34)(H,36,37)/t21-,23+,24-,25+,27?/m0/s1. The topological polar surface area (TPSA) is 198 Å². The summed E-state index contributed by atoms with van der Waals surface area (Å²) in [4.78, 5) is 49.6. The molecular formula is C30H45N3O13. The highest BCUT2D eigenvalue weighted by Crippen LogP contribution is 2.38. The number of carbonyl (C=O) groups is 4. The lowest BCUT2D eigenvalue weighted by atomic mass is 10.1. The summed E-state index contributed by atoms with van der Waals surface area (Å²) in [7, 11) is 1.60. The maximum atomic E-state index is 12.9. The summed E-state index contributed by atoms with van der Waals surface area (Å²) >= 11 is 0. The molecule has 1 aromatic rings. The predicted molar refractivity (Wildman–Crippen MR) is 158 cm³/mol. The van der Waals surface area contributed by atoms with Crippen molar-refractivity contribution in [3.63, 3.8) is 0 Å². The monoisotopic (exact) mass is 655 g/mol. The normalized spacial score (nSPS) is 22.1. The van der Waals surface area contributed by atoms with Gasteiger partial charge in [-0.15, -0.1) is 0 Å². The lowest BCUT2D eigenvalue weighted by molar-refractivity contribution is -0.192. The lowest BCUT2D eigenvalue weighted by Gasteiger charge is -2.24. The summed E-state index contributed by atoms with van der Waals surface area (Å²) in [6.07, 6.45) is -5.11. The van der Waals surface area contributed by atoms with Gasteiger partial charge >= 0.3 is 12.1 Å². The molecule has 2 aliphatic rings. The largest absolute Gasteiger partial charge is 0.480 e. The van der Waals surface area contributed by atoms with Gasteiger partial charge in [0.15, 0.2) is 18.1 Å². The van der Waals surface area contributed by atoms with Crippen LogP contribution in [0.5, 0.6) is 0 Å². The third-order valence-corrected chi connectivity index (χ3v) is 6.80. The van der Waals surface area contributed by atoms with Crippen molar-refractivity contribution in [2.45, 2.75) is 69.7 Å². The first-order valence-corrected chi connectivity index (χ1v) is 15.1. The average Bonchev–Trinajstić information content (AvgIpc) is 3.51. The van der Waals surface area contributed by atoms with E-state index >= 15 is 0 Å². The molecule has 0 aromatic heterocycles. The fourth-order valence-electron chi connectivity index (χ4n) is 4.63. The Bertz CT molecular complexity index is 1110. The lowest BCUT2D eigenvalue weighted by Crippen LogP contribution is -2.45. The van der Waals surface area contributed by atoms with E-state index in [9.17, 15) is 24.3 Å². The molecule has 4 N–H and O–H groups in total. The van der Waals surface area contributed by atoms with Gasteiger partial charge in [0, 0.05) is 20.1 Å². The van der Waals surface area contributed by atoms with E-state index in [1.165, 1.54) is 0 Å². The number of ether oxygens (including phenoxy) is 8. The van der Waals surface area contributed by atoms with Crippen LogP contribution in [0.2, 0.25) is 0 Å². The number of nitrogens with one attached hydrogen (secondary N) is 3. The highest BCUT2D eigenvalue weighted by Gasteiger charge is 2.57. The number of carboxylic acids is 1.